The molecule has 120 valence electrons. The number of aryl methyl sites for hydroxylation is 1. The maximum atomic E-state index is 11.5. The Morgan fingerprint density at radius 2 is 2.24 bits per heavy atom. The average molecular weight is 316 g/mol. The predicted octanol–water partition coefficient (Wildman–Crippen LogP) is 1.23. The highest BCUT2D eigenvalue weighted by Crippen LogP contribution is 2.13. The van der Waals surface area contributed by atoms with Crippen LogP contribution < -0.4 is 5.56 Å². The fourth-order valence-electron chi connectivity index (χ4n) is 1.72. The van der Waals surface area contributed by atoms with E-state index in [0.29, 0.717) is 17.5 Å². The van der Waals surface area contributed by atoms with E-state index in [1.165, 1.54) is 17.8 Å². The van der Waals surface area contributed by atoms with Crippen molar-refractivity contribution in [2.24, 2.45) is 0 Å². The molecule has 6 nitrogen and oxygen atoms in total. The second kappa shape index (κ2) is 9.94. The number of aromatic nitrogens is 2. The number of thioether (sulfide) groups is 1. The summed E-state index contributed by atoms with van der Waals surface area (Å²) >= 11 is 1.32. The molecule has 1 aromatic heterocycles. The fourth-order valence-corrected chi connectivity index (χ4v) is 2.52. The second-order valence-electron chi connectivity index (χ2n) is 4.86. The van der Waals surface area contributed by atoms with Crippen LogP contribution in [0.5, 0.6) is 0 Å². The van der Waals surface area contributed by atoms with Crippen molar-refractivity contribution in [3.8, 4) is 0 Å². The van der Waals surface area contributed by atoms with E-state index in [1.807, 2.05) is 13.8 Å². The molecule has 1 heterocycles. The first kappa shape index (κ1) is 18.2. The maximum Gasteiger partial charge on any atom is 0.251 e. The van der Waals surface area contributed by atoms with Gasteiger partial charge in [0.15, 0.2) is 5.16 Å². The highest BCUT2D eigenvalue weighted by molar-refractivity contribution is 7.99. The summed E-state index contributed by atoms with van der Waals surface area (Å²) in [6, 6.07) is 1.51. The highest BCUT2D eigenvalue weighted by Gasteiger charge is 2.10. The Balaban J connectivity index is 2.42. The van der Waals surface area contributed by atoms with Crippen LogP contribution in [0.15, 0.2) is 16.0 Å². The van der Waals surface area contributed by atoms with Gasteiger partial charge in [0.1, 0.15) is 0 Å². The normalized spacial score (nSPS) is 14.1. The summed E-state index contributed by atoms with van der Waals surface area (Å²) in [4.78, 5) is 18.5. The van der Waals surface area contributed by atoms with E-state index in [0.717, 1.165) is 18.5 Å². The third-order valence-corrected chi connectivity index (χ3v) is 3.68. The molecule has 0 bridgehead atoms. The molecule has 0 saturated heterocycles. The molecule has 0 amide bonds. The van der Waals surface area contributed by atoms with Crippen LogP contribution in [-0.2, 0) is 15.9 Å². The molecule has 1 aromatic rings. The van der Waals surface area contributed by atoms with Crippen molar-refractivity contribution in [1.29, 1.82) is 0 Å². The largest absolute Gasteiger partial charge is 0.390 e. The van der Waals surface area contributed by atoms with E-state index in [-0.39, 0.29) is 18.3 Å². The number of hydrogen-bond donors (Lipinski definition) is 2. The van der Waals surface area contributed by atoms with Gasteiger partial charge in [-0.15, -0.1) is 0 Å². The van der Waals surface area contributed by atoms with Gasteiger partial charge in [0, 0.05) is 24.6 Å². The standard InChI is InChI=1S/C14H24N2O4S/c1-4-5-11-6-13(18)16-14(15-11)21-9-12(17)8-20-10(2)7-19-3/h6,10,12,17H,4-5,7-9H2,1-3H3,(H,15,16,18). The van der Waals surface area contributed by atoms with Crippen LogP contribution in [0.2, 0.25) is 0 Å². The number of methoxy groups -OCH3 is 1. The first-order chi connectivity index (χ1) is 10.0. The van der Waals surface area contributed by atoms with Gasteiger partial charge in [0.05, 0.1) is 25.4 Å². The van der Waals surface area contributed by atoms with Gasteiger partial charge >= 0.3 is 0 Å². The SMILES string of the molecule is CCCc1cc(=O)[nH]c(SCC(O)COC(C)COC)n1. The fraction of sp³-hybridized carbons (Fsp3) is 0.714. The molecule has 0 aliphatic heterocycles. The molecule has 0 radical (unpaired) electrons. The van der Waals surface area contributed by atoms with Gasteiger partial charge in [-0.05, 0) is 13.3 Å². The molecule has 7 heteroatoms. The minimum absolute atomic E-state index is 0.0551. The molecule has 0 spiro atoms. The number of aliphatic hydroxyl groups is 1. The Morgan fingerprint density at radius 1 is 1.48 bits per heavy atom. The molecule has 21 heavy (non-hydrogen) atoms. The monoisotopic (exact) mass is 316 g/mol. The van der Waals surface area contributed by atoms with E-state index < -0.39 is 6.10 Å². The lowest BCUT2D eigenvalue weighted by Crippen LogP contribution is -2.24. The third-order valence-electron chi connectivity index (χ3n) is 2.67. The predicted molar refractivity (Wildman–Crippen MR) is 82.9 cm³/mol. The van der Waals surface area contributed by atoms with E-state index in [1.54, 1.807) is 7.11 Å². The number of aromatic amines is 1. The molecule has 0 aliphatic carbocycles. The van der Waals surface area contributed by atoms with Gasteiger partial charge in [-0.3, -0.25) is 4.79 Å². The van der Waals surface area contributed by atoms with Gasteiger partial charge in [-0.25, -0.2) is 4.98 Å². The van der Waals surface area contributed by atoms with E-state index in [4.69, 9.17) is 9.47 Å². The zero-order valence-electron chi connectivity index (χ0n) is 12.8. The summed E-state index contributed by atoms with van der Waals surface area (Å²) in [6.07, 6.45) is 1.04. The Morgan fingerprint density at radius 3 is 2.90 bits per heavy atom. The van der Waals surface area contributed by atoms with Gasteiger partial charge in [0.25, 0.3) is 5.56 Å². The molecule has 2 unspecified atom stereocenters. The average Bonchev–Trinajstić information content (AvgIpc) is 2.43. The number of ether oxygens (including phenoxy) is 2. The number of H-pyrrole nitrogens is 1. The zero-order valence-corrected chi connectivity index (χ0v) is 13.6. The number of rotatable bonds is 10. The Labute approximate surface area is 129 Å². The summed E-state index contributed by atoms with van der Waals surface area (Å²) < 4.78 is 10.4. The van der Waals surface area contributed by atoms with E-state index in [9.17, 15) is 9.90 Å². The first-order valence-electron chi connectivity index (χ1n) is 7.06. The van der Waals surface area contributed by atoms with Crippen molar-refractivity contribution >= 4 is 11.8 Å². The lowest BCUT2D eigenvalue weighted by atomic mass is 10.2. The summed E-state index contributed by atoms with van der Waals surface area (Å²) in [5.74, 6) is 0.415. The van der Waals surface area contributed by atoms with Crippen LogP contribution in [-0.4, -0.2) is 53.4 Å². The minimum atomic E-state index is -0.616. The molecule has 0 saturated carbocycles. The van der Waals surface area contributed by atoms with Crippen LogP contribution in [0, 0.1) is 0 Å². The van der Waals surface area contributed by atoms with Gasteiger partial charge in [0.2, 0.25) is 0 Å². The number of aliphatic hydroxyl groups excluding tert-OH is 1. The quantitative estimate of drug-likeness (QED) is 0.499. The van der Waals surface area contributed by atoms with Crippen LogP contribution >= 0.6 is 11.8 Å². The van der Waals surface area contributed by atoms with Crippen molar-refractivity contribution in [2.45, 2.75) is 44.1 Å². The molecular formula is C14H24N2O4S. The molecular weight excluding hydrogens is 292 g/mol. The van der Waals surface area contributed by atoms with Crippen molar-refractivity contribution in [3.05, 3.63) is 22.1 Å². The van der Waals surface area contributed by atoms with E-state index in [2.05, 4.69) is 9.97 Å². The summed E-state index contributed by atoms with van der Waals surface area (Å²) in [5.41, 5.74) is 0.624. The smallest absolute Gasteiger partial charge is 0.251 e. The summed E-state index contributed by atoms with van der Waals surface area (Å²) in [7, 11) is 1.61. The van der Waals surface area contributed by atoms with Gasteiger partial charge < -0.3 is 19.6 Å². The maximum absolute atomic E-state index is 11.5. The molecule has 1 rings (SSSR count). The highest BCUT2D eigenvalue weighted by atomic mass is 32.2. The lowest BCUT2D eigenvalue weighted by Gasteiger charge is -2.15. The molecule has 0 fully saturated rings. The Bertz CT molecular complexity index is 467. The van der Waals surface area contributed by atoms with Crippen LogP contribution in [0.1, 0.15) is 26.0 Å². The summed E-state index contributed by atoms with van der Waals surface area (Å²) in [6.45, 7) is 4.65. The molecule has 2 atom stereocenters. The number of nitrogens with zero attached hydrogens (tertiary/aromatic N) is 1. The Hall–Kier alpha value is -0.890. The lowest BCUT2D eigenvalue weighted by molar-refractivity contribution is -0.0257. The number of hydrogen-bond acceptors (Lipinski definition) is 6. The van der Waals surface area contributed by atoms with Gasteiger partial charge in [-0.2, -0.15) is 0 Å². The van der Waals surface area contributed by atoms with E-state index >= 15 is 0 Å². The van der Waals surface area contributed by atoms with Crippen LogP contribution in [0.25, 0.3) is 0 Å². The summed E-state index contributed by atoms with van der Waals surface area (Å²) in [5, 5.41) is 10.4. The molecule has 2 N–H and O–H groups in total. The van der Waals surface area contributed by atoms with Gasteiger partial charge in [-0.1, -0.05) is 25.1 Å². The van der Waals surface area contributed by atoms with Crippen molar-refractivity contribution < 1.29 is 14.6 Å². The van der Waals surface area contributed by atoms with Crippen LogP contribution in [0.3, 0.4) is 0 Å². The second-order valence-corrected chi connectivity index (χ2v) is 5.86. The third kappa shape index (κ3) is 7.61. The van der Waals surface area contributed by atoms with Crippen molar-refractivity contribution in [2.75, 3.05) is 26.1 Å². The molecule has 0 aromatic carbocycles. The zero-order chi connectivity index (χ0) is 15.7. The van der Waals surface area contributed by atoms with Crippen molar-refractivity contribution in [1.82, 2.24) is 9.97 Å². The topological polar surface area (TPSA) is 84.4 Å². The van der Waals surface area contributed by atoms with Crippen molar-refractivity contribution in [3.63, 3.8) is 0 Å². The molecule has 0 aliphatic rings. The first-order valence-corrected chi connectivity index (χ1v) is 8.05. The van der Waals surface area contributed by atoms with Crippen LogP contribution in [0.4, 0.5) is 0 Å². The Kier molecular flexibility index (Phi) is 8.60. The number of nitrogens with one attached hydrogen (secondary N) is 1. The minimum Gasteiger partial charge on any atom is -0.390 e.